The van der Waals surface area contributed by atoms with Crippen LogP contribution in [0.5, 0.6) is 0 Å². The van der Waals surface area contributed by atoms with E-state index in [4.69, 9.17) is 22.8 Å². The molecule has 0 aliphatic heterocycles. The summed E-state index contributed by atoms with van der Waals surface area (Å²) in [5, 5.41) is 6.46. The Hall–Kier alpha value is 0.681. The van der Waals surface area contributed by atoms with Crippen molar-refractivity contribution in [2.45, 2.75) is 65.3 Å². The number of nitrogens with zero attached hydrogens (tertiary/aromatic N) is 1. The van der Waals surface area contributed by atoms with Crippen molar-refractivity contribution in [1.82, 2.24) is 0 Å². The van der Waals surface area contributed by atoms with Crippen molar-refractivity contribution in [2.75, 3.05) is 0 Å². The molecule has 6 heteroatoms. The fraction of sp³-hybridized carbons (Fsp3) is 0.647. The Morgan fingerprint density at radius 2 is 1.65 bits per heavy atom. The Morgan fingerprint density at radius 3 is 1.91 bits per heavy atom. The zero-order chi connectivity index (χ0) is 15.7. The molecule has 2 nitrogen and oxygen atoms in total. The molecule has 0 spiro atoms. The fourth-order valence-electron chi connectivity index (χ4n) is 1.24. The quantitative estimate of drug-likeness (QED) is 0.413. The molecule has 0 N–H and O–H groups in total. The zero-order valence-corrected chi connectivity index (χ0v) is 18.6. The summed E-state index contributed by atoms with van der Waals surface area (Å²) in [6.07, 6.45) is 2.53. The molecule has 0 fully saturated rings. The van der Waals surface area contributed by atoms with Crippen molar-refractivity contribution in [3.05, 3.63) is 26.7 Å². The largest absolute Gasteiger partial charge is 2.00 e. The second-order valence-electron chi connectivity index (χ2n) is 6.14. The van der Waals surface area contributed by atoms with E-state index in [9.17, 15) is 0 Å². The maximum Gasteiger partial charge on any atom is 2.00 e. The summed E-state index contributed by atoms with van der Waals surface area (Å²) in [7, 11) is -1.75. The monoisotopic (exact) mass is 369 g/mol. The van der Waals surface area contributed by atoms with Gasteiger partial charge in [-0.3, -0.25) is 0 Å². The van der Waals surface area contributed by atoms with Crippen LogP contribution in [-0.2, 0) is 21.5 Å². The van der Waals surface area contributed by atoms with Crippen LogP contribution in [0.15, 0.2) is 6.08 Å². The van der Waals surface area contributed by atoms with Gasteiger partial charge in [-0.1, -0.05) is 27.7 Å². The summed E-state index contributed by atoms with van der Waals surface area (Å²) >= 11 is 0. The van der Waals surface area contributed by atoms with Crippen molar-refractivity contribution >= 4 is 46.0 Å². The molecule has 0 rings (SSSR count). The van der Waals surface area contributed by atoms with Gasteiger partial charge in [-0.05, 0) is 31.0 Å². The van der Waals surface area contributed by atoms with E-state index in [-0.39, 0.29) is 73.4 Å². The molecular weight excluding hydrogens is 340 g/mol. The average molecular weight is 370 g/mol. The SMILES string of the molecule is [C-]#N.[CH-]=CC(O[Si](C)(C)C(C)(C)C)C(C)CC#CC.[CH3-].[Cu+2].[Li].[Li]. The van der Waals surface area contributed by atoms with Crippen molar-refractivity contribution < 1.29 is 21.5 Å². The van der Waals surface area contributed by atoms with Crippen LogP contribution in [0.2, 0.25) is 18.1 Å². The predicted octanol–water partition coefficient (Wildman–Crippen LogP) is 4.20. The first-order chi connectivity index (χ1) is 8.65. The third kappa shape index (κ3) is 15.9. The Balaban J connectivity index is -0.000000115. The Labute approximate surface area is 181 Å². The normalized spacial score (nSPS) is 11.7. The van der Waals surface area contributed by atoms with Crippen LogP contribution >= 0.6 is 0 Å². The molecule has 0 aromatic rings. The Morgan fingerprint density at radius 1 is 1.26 bits per heavy atom. The summed E-state index contributed by atoms with van der Waals surface area (Å²) < 4.78 is 6.30. The van der Waals surface area contributed by atoms with Gasteiger partial charge in [0.15, 0.2) is 8.32 Å². The molecule has 0 saturated heterocycles. The number of rotatable bonds is 5. The van der Waals surface area contributed by atoms with Crippen LogP contribution in [0.4, 0.5) is 0 Å². The van der Waals surface area contributed by atoms with E-state index < -0.39 is 8.32 Å². The third-order valence-corrected chi connectivity index (χ3v) is 8.06. The van der Waals surface area contributed by atoms with Crippen LogP contribution in [0.1, 0.15) is 41.0 Å². The van der Waals surface area contributed by atoms with E-state index in [2.05, 4.69) is 52.6 Å². The first kappa shape index (κ1) is 39.0. The van der Waals surface area contributed by atoms with Crippen molar-refractivity contribution in [3.8, 4) is 11.8 Å². The van der Waals surface area contributed by atoms with E-state index in [0.717, 1.165) is 6.42 Å². The van der Waals surface area contributed by atoms with E-state index in [1.165, 1.54) is 0 Å². The maximum atomic E-state index is 6.30. The Kier molecular flexibility index (Phi) is 32.2. The average Bonchev–Trinajstić information content (AvgIpc) is 2.34. The van der Waals surface area contributed by atoms with Crippen molar-refractivity contribution in [2.24, 2.45) is 5.92 Å². The molecule has 0 aromatic carbocycles. The van der Waals surface area contributed by atoms with Crippen LogP contribution < -0.4 is 0 Å². The second kappa shape index (κ2) is 19.0. The summed E-state index contributed by atoms with van der Waals surface area (Å²) in [5.41, 5.74) is 0. The van der Waals surface area contributed by atoms with Gasteiger partial charge in [-0.15, -0.1) is 11.8 Å². The topological polar surface area (TPSA) is 33.0 Å². The van der Waals surface area contributed by atoms with E-state index >= 15 is 0 Å². The molecule has 0 amide bonds. The minimum atomic E-state index is -1.75. The molecule has 0 bridgehead atoms. The van der Waals surface area contributed by atoms with Gasteiger partial charge < -0.3 is 30.3 Å². The summed E-state index contributed by atoms with van der Waals surface area (Å²) in [6, 6.07) is 0. The molecule has 23 heavy (non-hydrogen) atoms. The molecule has 0 heterocycles. The molecule has 0 saturated carbocycles. The van der Waals surface area contributed by atoms with E-state index in [0.29, 0.717) is 5.92 Å². The maximum absolute atomic E-state index is 6.30. The summed E-state index contributed by atoms with van der Waals surface area (Å²) in [6.45, 7) is 25.7. The van der Waals surface area contributed by atoms with Gasteiger partial charge in [0, 0.05) is 50.2 Å². The van der Waals surface area contributed by atoms with Crippen LogP contribution in [0.3, 0.4) is 0 Å². The van der Waals surface area contributed by atoms with Crippen molar-refractivity contribution in [1.29, 1.82) is 5.26 Å². The van der Waals surface area contributed by atoms with Gasteiger partial charge >= 0.3 is 17.1 Å². The molecule has 0 aliphatic carbocycles. The zero-order valence-electron chi connectivity index (χ0n) is 16.7. The first-order valence-electron chi connectivity index (χ1n) is 6.50. The minimum absolute atomic E-state index is 0. The minimum Gasteiger partial charge on any atom is -0.515 e. The van der Waals surface area contributed by atoms with Gasteiger partial charge in [0.05, 0.1) is 0 Å². The van der Waals surface area contributed by atoms with E-state index in [1.54, 1.807) is 6.08 Å². The van der Waals surface area contributed by atoms with Crippen LogP contribution in [0, 0.1) is 43.6 Å². The van der Waals surface area contributed by atoms with Crippen LogP contribution in [0.25, 0.3) is 0 Å². The molecule has 3 radical (unpaired) electrons. The van der Waals surface area contributed by atoms with Crippen molar-refractivity contribution in [3.63, 3.8) is 0 Å². The molecular formula is C17H30CuLi2NOSi-. The fourth-order valence-corrected chi connectivity index (χ4v) is 2.59. The first-order valence-corrected chi connectivity index (χ1v) is 9.41. The van der Waals surface area contributed by atoms with Crippen LogP contribution in [-0.4, -0.2) is 52.1 Å². The predicted molar refractivity (Wildman–Crippen MR) is 101 cm³/mol. The molecule has 127 valence electrons. The summed E-state index contributed by atoms with van der Waals surface area (Å²) in [4.78, 5) is 0. The van der Waals surface area contributed by atoms with Gasteiger partial charge in [0.1, 0.15) is 0 Å². The molecule has 2 unspecified atom stereocenters. The van der Waals surface area contributed by atoms with Gasteiger partial charge in [-0.2, -0.15) is 0 Å². The number of hydrogen-bond acceptors (Lipinski definition) is 2. The number of hydrogen-bond donors (Lipinski definition) is 0. The molecule has 0 aliphatic rings. The Bertz CT molecular complexity index is 357. The van der Waals surface area contributed by atoms with Gasteiger partial charge in [-0.25, -0.2) is 6.08 Å². The van der Waals surface area contributed by atoms with Gasteiger partial charge in [0.25, 0.3) is 0 Å². The van der Waals surface area contributed by atoms with E-state index in [1.807, 2.05) is 6.92 Å². The molecule has 2 atom stereocenters. The molecule has 0 aromatic heterocycles. The summed E-state index contributed by atoms with van der Waals surface area (Å²) in [5.74, 6) is 6.37. The standard InChI is InChI=1S/C15H27OSi.CN.CH3.Cu.2Li/c1-9-11-12-13(3)14(10-2)16-17(7,8)15(4,5)6;1-2;;;;/h2,10,13-14H,12H2,1,3-8H3;;1H3;;;/q3*-1;+2;;. The second-order valence-corrected chi connectivity index (χ2v) is 10.9. The third-order valence-electron chi connectivity index (χ3n) is 3.59. The van der Waals surface area contributed by atoms with Gasteiger partial charge in [0.2, 0.25) is 0 Å². The smallest absolute Gasteiger partial charge is 0.515 e.